The average molecular weight is 465 g/mol. The van der Waals surface area contributed by atoms with Crippen LogP contribution in [-0.2, 0) is 6.54 Å². The van der Waals surface area contributed by atoms with Crippen LogP contribution in [0.2, 0.25) is 0 Å². The first kappa shape index (κ1) is 21.1. The van der Waals surface area contributed by atoms with Gasteiger partial charge in [-0.15, -0.1) is 0 Å². The maximum atomic E-state index is 13.4. The highest BCUT2D eigenvalue weighted by atomic mass is 19.1. The van der Waals surface area contributed by atoms with Gasteiger partial charge in [0.15, 0.2) is 11.5 Å². The molecular formula is C26H21FN8. The van der Waals surface area contributed by atoms with Crippen molar-refractivity contribution in [3.63, 3.8) is 0 Å². The third kappa shape index (κ3) is 3.91. The fraction of sp³-hybridized carbons (Fsp3) is 0.115. The number of imidazole rings is 1. The molecule has 172 valence electrons. The van der Waals surface area contributed by atoms with E-state index in [4.69, 9.17) is 4.98 Å². The van der Waals surface area contributed by atoms with Crippen molar-refractivity contribution in [3.05, 3.63) is 78.8 Å². The molecule has 0 saturated carbocycles. The zero-order valence-corrected chi connectivity index (χ0v) is 19.1. The normalized spacial score (nSPS) is 11.7. The van der Waals surface area contributed by atoms with E-state index in [9.17, 15) is 4.39 Å². The minimum atomic E-state index is -0.287. The van der Waals surface area contributed by atoms with E-state index in [1.165, 1.54) is 12.1 Å². The predicted molar refractivity (Wildman–Crippen MR) is 133 cm³/mol. The number of nitrogens with one attached hydrogen (secondary N) is 2. The molecule has 0 amide bonds. The Morgan fingerprint density at radius 2 is 1.69 bits per heavy atom. The van der Waals surface area contributed by atoms with Crippen molar-refractivity contribution in [3.8, 4) is 33.8 Å². The van der Waals surface area contributed by atoms with Crippen LogP contribution in [0.4, 0.5) is 4.39 Å². The molecule has 0 aliphatic carbocycles. The van der Waals surface area contributed by atoms with Gasteiger partial charge in [-0.1, -0.05) is 12.1 Å². The maximum absolute atomic E-state index is 13.4. The summed E-state index contributed by atoms with van der Waals surface area (Å²) in [6, 6.07) is 10.5. The summed E-state index contributed by atoms with van der Waals surface area (Å²) in [5.41, 5.74) is 7.53. The Labute approximate surface area is 199 Å². The minimum absolute atomic E-state index is 0.287. The summed E-state index contributed by atoms with van der Waals surface area (Å²) in [5.74, 6) is 0.311. The largest absolute Gasteiger partial charge is 0.335 e. The Hall–Kier alpha value is -4.50. The number of rotatable bonds is 5. The molecule has 9 heteroatoms. The quantitative estimate of drug-likeness (QED) is 0.379. The van der Waals surface area contributed by atoms with Crippen molar-refractivity contribution in [2.45, 2.75) is 6.54 Å². The molecule has 0 spiro atoms. The molecule has 0 atom stereocenters. The topological polar surface area (TPSA) is 99.3 Å². The summed E-state index contributed by atoms with van der Waals surface area (Å²) in [7, 11) is 4.06. The molecule has 0 saturated heterocycles. The molecule has 5 heterocycles. The van der Waals surface area contributed by atoms with Gasteiger partial charge in [0.25, 0.3) is 0 Å². The molecule has 6 rings (SSSR count). The molecule has 0 aliphatic rings. The van der Waals surface area contributed by atoms with Crippen LogP contribution < -0.4 is 0 Å². The number of pyridine rings is 3. The van der Waals surface area contributed by atoms with Gasteiger partial charge in [-0.25, -0.2) is 14.4 Å². The molecule has 0 fully saturated rings. The first-order valence-corrected chi connectivity index (χ1v) is 11.1. The number of hydrogen-bond donors (Lipinski definition) is 2. The SMILES string of the molecule is CN(C)Cc1cncc(-c2cnc3[nH]nc(-c4nc5c(-c6ccc(F)cc6)cncc5[nH]4)c3c2)c1. The van der Waals surface area contributed by atoms with Crippen LogP contribution in [0.3, 0.4) is 0 Å². The molecule has 35 heavy (non-hydrogen) atoms. The summed E-state index contributed by atoms with van der Waals surface area (Å²) in [6.45, 7) is 0.802. The third-order valence-electron chi connectivity index (χ3n) is 5.82. The second kappa shape index (κ2) is 8.37. The number of nitrogens with zero attached hydrogens (tertiary/aromatic N) is 6. The molecule has 0 bridgehead atoms. The number of aromatic amines is 2. The Bertz CT molecular complexity index is 1670. The van der Waals surface area contributed by atoms with E-state index >= 15 is 0 Å². The van der Waals surface area contributed by atoms with Crippen molar-refractivity contribution in [1.82, 2.24) is 40.0 Å². The van der Waals surface area contributed by atoms with E-state index in [0.717, 1.165) is 50.8 Å². The lowest BCUT2D eigenvalue weighted by molar-refractivity contribution is 0.402. The Morgan fingerprint density at radius 1 is 0.886 bits per heavy atom. The van der Waals surface area contributed by atoms with Crippen molar-refractivity contribution in [1.29, 1.82) is 0 Å². The van der Waals surface area contributed by atoms with Crippen LogP contribution in [0.15, 0.2) is 67.4 Å². The first-order valence-electron chi connectivity index (χ1n) is 11.1. The third-order valence-corrected chi connectivity index (χ3v) is 5.82. The van der Waals surface area contributed by atoms with E-state index in [0.29, 0.717) is 17.2 Å². The lowest BCUT2D eigenvalue weighted by Crippen LogP contribution is -2.10. The fourth-order valence-electron chi connectivity index (χ4n) is 4.22. The van der Waals surface area contributed by atoms with Gasteiger partial charge in [-0.05, 0) is 49.5 Å². The van der Waals surface area contributed by atoms with E-state index in [1.54, 1.807) is 24.5 Å². The molecule has 6 aromatic rings. The predicted octanol–water partition coefficient (Wildman–Crippen LogP) is 4.83. The number of benzene rings is 1. The minimum Gasteiger partial charge on any atom is -0.335 e. The summed E-state index contributed by atoms with van der Waals surface area (Å²) in [4.78, 5) is 23.6. The summed E-state index contributed by atoms with van der Waals surface area (Å²) in [6.07, 6.45) is 8.98. The summed E-state index contributed by atoms with van der Waals surface area (Å²) >= 11 is 0. The van der Waals surface area contributed by atoms with Crippen molar-refractivity contribution < 1.29 is 4.39 Å². The molecule has 0 radical (unpaired) electrons. The Balaban J connectivity index is 1.44. The van der Waals surface area contributed by atoms with Crippen LogP contribution in [0.1, 0.15) is 5.56 Å². The Morgan fingerprint density at radius 3 is 2.51 bits per heavy atom. The zero-order chi connectivity index (χ0) is 23.9. The van der Waals surface area contributed by atoms with Crippen LogP contribution in [0.25, 0.3) is 55.8 Å². The van der Waals surface area contributed by atoms with Crippen molar-refractivity contribution >= 4 is 22.1 Å². The van der Waals surface area contributed by atoms with Crippen LogP contribution in [-0.4, -0.2) is 54.1 Å². The van der Waals surface area contributed by atoms with Gasteiger partial charge < -0.3 is 9.88 Å². The van der Waals surface area contributed by atoms with Gasteiger partial charge in [0, 0.05) is 48.0 Å². The van der Waals surface area contributed by atoms with Gasteiger partial charge in [-0.2, -0.15) is 5.10 Å². The molecule has 5 aromatic heterocycles. The highest BCUT2D eigenvalue weighted by Crippen LogP contribution is 2.32. The highest BCUT2D eigenvalue weighted by Gasteiger charge is 2.17. The number of hydrogen-bond acceptors (Lipinski definition) is 6. The average Bonchev–Trinajstić information content (AvgIpc) is 3.48. The lowest BCUT2D eigenvalue weighted by atomic mass is 10.1. The Kier molecular flexibility index (Phi) is 5.04. The molecule has 0 aliphatic heterocycles. The first-order chi connectivity index (χ1) is 17.0. The monoisotopic (exact) mass is 464 g/mol. The molecule has 8 nitrogen and oxygen atoms in total. The van der Waals surface area contributed by atoms with E-state index < -0.39 is 0 Å². The second-order valence-corrected chi connectivity index (χ2v) is 8.69. The highest BCUT2D eigenvalue weighted by molar-refractivity contribution is 5.96. The lowest BCUT2D eigenvalue weighted by Gasteiger charge is -2.10. The van der Waals surface area contributed by atoms with Crippen molar-refractivity contribution in [2.75, 3.05) is 14.1 Å². The molecule has 1 aromatic carbocycles. The van der Waals surface area contributed by atoms with Crippen molar-refractivity contribution in [2.24, 2.45) is 0 Å². The van der Waals surface area contributed by atoms with Crippen LogP contribution in [0.5, 0.6) is 0 Å². The van der Waals surface area contributed by atoms with Crippen LogP contribution in [0, 0.1) is 5.82 Å². The maximum Gasteiger partial charge on any atom is 0.159 e. The summed E-state index contributed by atoms with van der Waals surface area (Å²) in [5, 5.41) is 8.34. The second-order valence-electron chi connectivity index (χ2n) is 8.69. The summed E-state index contributed by atoms with van der Waals surface area (Å²) < 4.78 is 13.4. The smallest absolute Gasteiger partial charge is 0.159 e. The number of halogens is 1. The van der Waals surface area contributed by atoms with Crippen LogP contribution >= 0.6 is 0 Å². The fourth-order valence-corrected chi connectivity index (χ4v) is 4.22. The van der Waals surface area contributed by atoms with E-state index in [-0.39, 0.29) is 5.82 Å². The zero-order valence-electron chi connectivity index (χ0n) is 19.1. The number of aromatic nitrogens is 7. The van der Waals surface area contributed by atoms with Gasteiger partial charge >= 0.3 is 0 Å². The standard InChI is InChI=1S/C26H21FN8/c1-35(2)14-15-7-17(10-28-9-15)18-8-20-24(33-34-25(20)30-11-18)26-31-22-13-29-12-21(23(22)32-26)16-3-5-19(27)6-4-16/h3-13H,14H2,1-2H3,(H,31,32)(H,30,33,34). The molecule has 0 unspecified atom stereocenters. The number of fused-ring (bicyclic) bond motifs is 2. The van der Waals surface area contributed by atoms with E-state index in [2.05, 4.69) is 41.1 Å². The van der Waals surface area contributed by atoms with Gasteiger partial charge in [0.1, 0.15) is 11.5 Å². The van der Waals surface area contributed by atoms with Gasteiger partial charge in [-0.3, -0.25) is 15.1 Å². The van der Waals surface area contributed by atoms with Gasteiger partial charge in [0.2, 0.25) is 0 Å². The number of H-pyrrole nitrogens is 2. The molecular weight excluding hydrogens is 443 g/mol. The molecule has 2 N–H and O–H groups in total. The van der Waals surface area contributed by atoms with E-state index in [1.807, 2.05) is 38.8 Å². The van der Waals surface area contributed by atoms with Gasteiger partial charge in [0.05, 0.1) is 22.6 Å².